The largest absolute Gasteiger partial charge is 0.493 e. The number of piperidine rings is 1. The highest BCUT2D eigenvalue weighted by Gasteiger charge is 2.29. The molecule has 1 N–H and O–H groups in total. The molecular formula is C23H35N3O6. The summed E-state index contributed by atoms with van der Waals surface area (Å²) in [5.41, 5.74) is 1.06. The predicted molar refractivity (Wildman–Crippen MR) is 119 cm³/mol. The van der Waals surface area contributed by atoms with Crippen LogP contribution in [0.15, 0.2) is 18.2 Å². The minimum atomic E-state index is -0.299. The Labute approximate surface area is 189 Å². The molecule has 1 atom stereocenters. The zero-order valence-electron chi connectivity index (χ0n) is 19.3. The van der Waals surface area contributed by atoms with Crippen LogP contribution in [0.3, 0.4) is 0 Å². The number of hydrogen-bond donors (Lipinski definition) is 1. The minimum Gasteiger partial charge on any atom is -0.493 e. The van der Waals surface area contributed by atoms with Gasteiger partial charge in [-0.2, -0.15) is 0 Å². The number of benzene rings is 1. The van der Waals surface area contributed by atoms with Gasteiger partial charge < -0.3 is 29.2 Å². The van der Waals surface area contributed by atoms with Crippen molar-refractivity contribution in [3.05, 3.63) is 23.8 Å². The molecule has 0 aliphatic carbocycles. The van der Waals surface area contributed by atoms with E-state index in [1.807, 2.05) is 18.2 Å². The molecule has 2 heterocycles. The molecule has 1 unspecified atom stereocenters. The van der Waals surface area contributed by atoms with E-state index in [1.54, 1.807) is 26.0 Å². The van der Waals surface area contributed by atoms with Crippen molar-refractivity contribution in [3.8, 4) is 11.5 Å². The Kier molecular flexibility index (Phi) is 8.99. The number of carbonyl (C=O) groups excluding carboxylic acids is 2. The Morgan fingerprint density at radius 1 is 1.09 bits per heavy atom. The van der Waals surface area contributed by atoms with Crippen molar-refractivity contribution in [1.29, 1.82) is 0 Å². The van der Waals surface area contributed by atoms with E-state index in [4.69, 9.17) is 18.9 Å². The van der Waals surface area contributed by atoms with Crippen LogP contribution >= 0.6 is 0 Å². The lowest BCUT2D eigenvalue weighted by atomic mass is 9.95. The van der Waals surface area contributed by atoms with Gasteiger partial charge in [-0.15, -0.1) is 0 Å². The van der Waals surface area contributed by atoms with Gasteiger partial charge in [0, 0.05) is 38.6 Å². The van der Waals surface area contributed by atoms with Gasteiger partial charge in [0.15, 0.2) is 11.5 Å². The molecule has 178 valence electrons. The third kappa shape index (κ3) is 6.04. The monoisotopic (exact) mass is 449 g/mol. The fourth-order valence-electron chi connectivity index (χ4n) is 4.29. The Hall–Kier alpha value is -2.52. The summed E-state index contributed by atoms with van der Waals surface area (Å²) in [7, 11) is 3.24. The Morgan fingerprint density at radius 2 is 1.78 bits per heavy atom. The fourth-order valence-corrected chi connectivity index (χ4v) is 4.29. The van der Waals surface area contributed by atoms with Crippen molar-refractivity contribution in [3.63, 3.8) is 0 Å². The van der Waals surface area contributed by atoms with Crippen LogP contribution in [-0.2, 0) is 14.3 Å². The summed E-state index contributed by atoms with van der Waals surface area (Å²) in [5.74, 6) is 1.28. The molecule has 2 saturated heterocycles. The molecule has 32 heavy (non-hydrogen) atoms. The molecule has 1 aromatic rings. The Balaban J connectivity index is 1.63. The molecule has 0 saturated carbocycles. The van der Waals surface area contributed by atoms with Gasteiger partial charge in [0.25, 0.3) is 0 Å². The highest BCUT2D eigenvalue weighted by atomic mass is 16.6. The van der Waals surface area contributed by atoms with Gasteiger partial charge in [0.2, 0.25) is 5.91 Å². The number of nitrogens with one attached hydrogen (secondary N) is 1. The van der Waals surface area contributed by atoms with E-state index in [0.717, 1.165) is 18.7 Å². The molecule has 3 rings (SSSR count). The zero-order valence-corrected chi connectivity index (χ0v) is 19.3. The zero-order chi connectivity index (χ0) is 22.9. The predicted octanol–water partition coefficient (Wildman–Crippen LogP) is 2.06. The third-order valence-electron chi connectivity index (χ3n) is 6.14. The number of amides is 2. The van der Waals surface area contributed by atoms with Crippen molar-refractivity contribution in [2.24, 2.45) is 5.92 Å². The van der Waals surface area contributed by atoms with Crippen molar-refractivity contribution >= 4 is 12.0 Å². The number of carbonyl (C=O) groups is 2. The van der Waals surface area contributed by atoms with E-state index < -0.39 is 0 Å². The second kappa shape index (κ2) is 11.9. The Morgan fingerprint density at radius 3 is 2.41 bits per heavy atom. The first kappa shape index (κ1) is 24.1. The SMILES string of the molecule is CCOC(=O)N1CCC(C(=O)NCC(c2ccc(OC)c(OC)c2)N2CCOCC2)CC1. The molecule has 9 heteroatoms. The van der Waals surface area contributed by atoms with E-state index in [2.05, 4.69) is 10.2 Å². The lowest BCUT2D eigenvalue weighted by Crippen LogP contribution is -2.46. The quantitative estimate of drug-likeness (QED) is 0.650. The highest BCUT2D eigenvalue weighted by Crippen LogP contribution is 2.32. The van der Waals surface area contributed by atoms with Crippen LogP contribution in [0, 0.1) is 5.92 Å². The lowest BCUT2D eigenvalue weighted by molar-refractivity contribution is -0.126. The van der Waals surface area contributed by atoms with Crippen LogP contribution in [-0.4, -0.2) is 88.6 Å². The summed E-state index contributed by atoms with van der Waals surface area (Å²) in [6.07, 6.45) is 0.985. The smallest absolute Gasteiger partial charge is 0.409 e. The first-order valence-corrected chi connectivity index (χ1v) is 11.3. The summed E-state index contributed by atoms with van der Waals surface area (Å²) >= 11 is 0. The van der Waals surface area contributed by atoms with Crippen LogP contribution in [0.5, 0.6) is 11.5 Å². The van der Waals surface area contributed by atoms with E-state index in [9.17, 15) is 9.59 Å². The number of likely N-dealkylation sites (tertiary alicyclic amines) is 1. The third-order valence-corrected chi connectivity index (χ3v) is 6.14. The molecule has 2 amide bonds. The van der Waals surface area contributed by atoms with Gasteiger partial charge in [0.1, 0.15) is 0 Å². The molecule has 0 radical (unpaired) electrons. The molecule has 2 aliphatic heterocycles. The molecule has 0 aromatic heterocycles. The maximum Gasteiger partial charge on any atom is 0.409 e. The minimum absolute atomic E-state index is 0.00211. The molecule has 2 aliphatic rings. The van der Waals surface area contributed by atoms with Gasteiger partial charge >= 0.3 is 6.09 Å². The number of rotatable bonds is 8. The van der Waals surface area contributed by atoms with E-state index in [0.29, 0.717) is 63.8 Å². The van der Waals surface area contributed by atoms with Crippen molar-refractivity contribution in [1.82, 2.24) is 15.1 Å². The maximum absolute atomic E-state index is 12.9. The summed E-state index contributed by atoms with van der Waals surface area (Å²) in [5, 5.41) is 3.16. The molecule has 0 bridgehead atoms. The van der Waals surface area contributed by atoms with E-state index >= 15 is 0 Å². The average molecular weight is 450 g/mol. The maximum atomic E-state index is 12.9. The number of morpholine rings is 1. The van der Waals surface area contributed by atoms with Crippen molar-refractivity contribution in [2.45, 2.75) is 25.8 Å². The van der Waals surface area contributed by atoms with Crippen LogP contribution in [0.2, 0.25) is 0 Å². The second-order valence-corrected chi connectivity index (χ2v) is 7.98. The van der Waals surface area contributed by atoms with Gasteiger partial charge in [0.05, 0.1) is 40.1 Å². The Bertz CT molecular complexity index is 760. The van der Waals surface area contributed by atoms with E-state index in [-0.39, 0.29) is 24.0 Å². The van der Waals surface area contributed by atoms with Crippen LogP contribution in [0.25, 0.3) is 0 Å². The standard InChI is InChI=1S/C23H35N3O6/c1-4-32-23(28)26-9-7-17(8-10-26)22(27)24-16-19(25-11-13-31-14-12-25)18-5-6-20(29-2)21(15-18)30-3/h5-6,15,17,19H,4,7-14,16H2,1-3H3,(H,24,27). The summed E-state index contributed by atoms with van der Waals surface area (Å²) < 4.78 is 21.4. The summed E-state index contributed by atoms with van der Waals surface area (Å²) in [6, 6.07) is 5.89. The first-order valence-electron chi connectivity index (χ1n) is 11.3. The molecule has 2 fully saturated rings. The van der Waals surface area contributed by atoms with Gasteiger partial charge in [-0.3, -0.25) is 9.69 Å². The fraction of sp³-hybridized carbons (Fsp3) is 0.652. The summed E-state index contributed by atoms with van der Waals surface area (Å²) in [6.45, 7) is 6.67. The lowest BCUT2D eigenvalue weighted by Gasteiger charge is -2.36. The second-order valence-electron chi connectivity index (χ2n) is 7.98. The first-order chi connectivity index (χ1) is 15.6. The van der Waals surface area contributed by atoms with E-state index in [1.165, 1.54) is 0 Å². The normalized spacial score (nSPS) is 18.7. The van der Waals surface area contributed by atoms with Gasteiger partial charge in [-0.1, -0.05) is 6.07 Å². The number of nitrogens with zero attached hydrogens (tertiary/aromatic N) is 2. The van der Waals surface area contributed by atoms with Gasteiger partial charge in [-0.05, 0) is 37.5 Å². The van der Waals surface area contributed by atoms with Crippen molar-refractivity contribution in [2.75, 3.05) is 66.8 Å². The molecule has 9 nitrogen and oxygen atoms in total. The molecule has 1 aromatic carbocycles. The van der Waals surface area contributed by atoms with Crippen molar-refractivity contribution < 1.29 is 28.5 Å². The van der Waals surface area contributed by atoms with Gasteiger partial charge in [-0.25, -0.2) is 4.79 Å². The topological polar surface area (TPSA) is 89.6 Å². The number of methoxy groups -OCH3 is 2. The highest BCUT2D eigenvalue weighted by molar-refractivity contribution is 5.79. The van der Waals surface area contributed by atoms with Crippen LogP contribution < -0.4 is 14.8 Å². The van der Waals surface area contributed by atoms with Crippen LogP contribution in [0.1, 0.15) is 31.4 Å². The van der Waals surface area contributed by atoms with Crippen LogP contribution in [0.4, 0.5) is 4.79 Å². The molecule has 0 spiro atoms. The number of hydrogen-bond acceptors (Lipinski definition) is 7. The molecular weight excluding hydrogens is 414 g/mol. The average Bonchev–Trinajstić information content (AvgIpc) is 2.84. The summed E-state index contributed by atoms with van der Waals surface area (Å²) in [4.78, 5) is 28.8. The number of ether oxygens (including phenoxy) is 4.